The van der Waals surface area contributed by atoms with Crippen LogP contribution in [0.5, 0.6) is 0 Å². The fraction of sp³-hybridized carbons (Fsp3) is 0.636. The van der Waals surface area contributed by atoms with Crippen LogP contribution >= 0.6 is 11.5 Å². The average Bonchev–Trinajstić information content (AvgIpc) is 2.69. The first-order chi connectivity index (χ1) is 9.33. The number of nitrogens with one attached hydrogen (secondary N) is 1. The molecule has 0 aliphatic carbocycles. The highest BCUT2D eigenvalue weighted by Gasteiger charge is 2.25. The Balaban J connectivity index is 3.04. The second kappa shape index (κ2) is 7.00. The van der Waals surface area contributed by atoms with Crippen LogP contribution in [0.3, 0.4) is 0 Å². The van der Waals surface area contributed by atoms with E-state index in [1.807, 2.05) is 13.8 Å². The third-order valence-corrected chi connectivity index (χ3v) is 5.07. The molecule has 20 heavy (non-hydrogen) atoms. The third kappa shape index (κ3) is 3.90. The smallest absolute Gasteiger partial charge is 0.340 e. The molecule has 0 radical (unpaired) electrons. The number of rotatable bonds is 8. The van der Waals surface area contributed by atoms with Crippen LogP contribution in [0.2, 0.25) is 0 Å². The predicted octanol–water partition coefficient (Wildman–Crippen LogP) is 1.93. The summed E-state index contributed by atoms with van der Waals surface area (Å²) in [6.07, 6.45) is 1.38. The highest BCUT2D eigenvalue weighted by molar-refractivity contribution is 7.90. The van der Waals surface area contributed by atoms with E-state index in [1.165, 1.54) is 11.2 Å². The van der Waals surface area contributed by atoms with Crippen molar-refractivity contribution in [3.8, 4) is 0 Å². The molecule has 0 saturated carbocycles. The van der Waals surface area contributed by atoms with Gasteiger partial charge in [-0.15, -0.1) is 0 Å². The number of hydrogen-bond acceptors (Lipinski definition) is 5. The molecule has 0 aliphatic heterocycles. The molecule has 0 atom stereocenters. The zero-order chi connectivity index (χ0) is 15.3. The van der Waals surface area contributed by atoms with Crippen molar-refractivity contribution in [1.29, 1.82) is 0 Å². The van der Waals surface area contributed by atoms with E-state index >= 15 is 0 Å². The molecular formula is C11H19N3O4S2. The molecule has 1 rings (SSSR count). The van der Waals surface area contributed by atoms with Gasteiger partial charge in [0.05, 0.1) is 5.69 Å². The predicted molar refractivity (Wildman–Crippen MR) is 78.5 cm³/mol. The Morgan fingerprint density at radius 3 is 2.35 bits per heavy atom. The number of aryl methyl sites for hydroxylation is 1. The molecule has 0 amide bonds. The van der Waals surface area contributed by atoms with Crippen LogP contribution in [0.4, 0.5) is 5.00 Å². The van der Waals surface area contributed by atoms with Gasteiger partial charge >= 0.3 is 16.2 Å². The van der Waals surface area contributed by atoms with Crippen molar-refractivity contribution < 1.29 is 18.3 Å². The molecule has 9 heteroatoms. The number of nitrogens with zero attached hydrogens (tertiary/aromatic N) is 2. The summed E-state index contributed by atoms with van der Waals surface area (Å²) in [4.78, 5) is 11.1. The lowest BCUT2D eigenvalue weighted by atomic mass is 10.2. The monoisotopic (exact) mass is 321 g/mol. The molecule has 0 bridgehead atoms. The Kier molecular flexibility index (Phi) is 5.90. The van der Waals surface area contributed by atoms with Gasteiger partial charge in [0.1, 0.15) is 10.6 Å². The van der Waals surface area contributed by atoms with Gasteiger partial charge < -0.3 is 5.11 Å². The number of aromatic carboxylic acids is 1. The molecule has 0 aromatic carbocycles. The van der Waals surface area contributed by atoms with Gasteiger partial charge in [-0.25, -0.2) is 4.79 Å². The molecule has 0 fully saturated rings. The van der Waals surface area contributed by atoms with Crippen molar-refractivity contribution in [3.05, 3.63) is 11.3 Å². The third-order valence-electron chi connectivity index (χ3n) is 2.58. The quantitative estimate of drug-likeness (QED) is 0.762. The van der Waals surface area contributed by atoms with Gasteiger partial charge in [-0.2, -0.15) is 17.1 Å². The molecule has 114 valence electrons. The van der Waals surface area contributed by atoms with E-state index in [9.17, 15) is 13.2 Å². The van der Waals surface area contributed by atoms with Gasteiger partial charge in [-0.3, -0.25) is 4.72 Å². The van der Waals surface area contributed by atoms with Crippen LogP contribution in [-0.4, -0.2) is 41.3 Å². The summed E-state index contributed by atoms with van der Waals surface area (Å²) >= 11 is 0.837. The molecule has 2 N–H and O–H groups in total. The zero-order valence-corrected chi connectivity index (χ0v) is 13.3. The van der Waals surface area contributed by atoms with Crippen molar-refractivity contribution in [1.82, 2.24) is 8.68 Å². The maximum atomic E-state index is 12.3. The Bertz CT molecular complexity index is 562. The van der Waals surface area contributed by atoms with Crippen molar-refractivity contribution in [2.45, 2.75) is 33.6 Å². The first kappa shape index (κ1) is 16.9. The molecule has 0 saturated heterocycles. The first-order valence-corrected chi connectivity index (χ1v) is 8.52. The summed E-state index contributed by atoms with van der Waals surface area (Å²) in [5, 5.41) is 9.14. The summed E-state index contributed by atoms with van der Waals surface area (Å²) in [6.45, 7) is 6.09. The van der Waals surface area contributed by atoms with Gasteiger partial charge in [-0.05, 0) is 31.3 Å². The Morgan fingerprint density at radius 1 is 1.35 bits per heavy atom. The number of carbonyl (C=O) groups is 1. The highest BCUT2D eigenvalue weighted by Crippen LogP contribution is 2.26. The number of carboxylic acid groups (broad SMARTS) is 1. The minimum Gasteiger partial charge on any atom is -0.478 e. The lowest BCUT2D eigenvalue weighted by molar-refractivity contribution is 0.0697. The van der Waals surface area contributed by atoms with Gasteiger partial charge in [0.15, 0.2) is 0 Å². The maximum Gasteiger partial charge on any atom is 0.340 e. The van der Waals surface area contributed by atoms with Crippen molar-refractivity contribution in [2.24, 2.45) is 0 Å². The number of hydrogen-bond donors (Lipinski definition) is 2. The lowest BCUT2D eigenvalue weighted by Gasteiger charge is -2.21. The number of aromatic nitrogens is 1. The van der Waals surface area contributed by atoms with Crippen LogP contribution in [0.15, 0.2) is 0 Å². The van der Waals surface area contributed by atoms with Gasteiger partial charge in [0.2, 0.25) is 0 Å². The zero-order valence-electron chi connectivity index (χ0n) is 11.7. The van der Waals surface area contributed by atoms with Gasteiger partial charge in [0, 0.05) is 13.1 Å². The molecule has 1 heterocycles. The fourth-order valence-electron chi connectivity index (χ4n) is 1.72. The molecule has 1 aromatic rings. The summed E-state index contributed by atoms with van der Waals surface area (Å²) in [5.74, 6) is -1.19. The number of carboxylic acids is 1. The SMILES string of the molecule is CCCN(CCC)S(=O)(=O)Nc1snc(C)c1C(=O)O. The summed E-state index contributed by atoms with van der Waals surface area (Å²) in [7, 11) is -3.75. The minimum atomic E-state index is -3.75. The Morgan fingerprint density at radius 2 is 1.90 bits per heavy atom. The second-order valence-electron chi connectivity index (χ2n) is 4.28. The molecule has 0 unspecified atom stereocenters. The summed E-state index contributed by atoms with van der Waals surface area (Å²) < 4.78 is 32.1. The topological polar surface area (TPSA) is 99.6 Å². The molecule has 0 spiro atoms. The second-order valence-corrected chi connectivity index (χ2v) is 6.73. The van der Waals surface area contributed by atoms with Crippen LogP contribution in [0.1, 0.15) is 42.7 Å². The largest absolute Gasteiger partial charge is 0.478 e. The van der Waals surface area contributed by atoms with E-state index in [-0.39, 0.29) is 10.6 Å². The van der Waals surface area contributed by atoms with E-state index in [4.69, 9.17) is 5.11 Å². The van der Waals surface area contributed by atoms with Gasteiger partial charge in [0.25, 0.3) is 0 Å². The van der Waals surface area contributed by atoms with E-state index in [2.05, 4.69) is 9.10 Å². The molecule has 7 nitrogen and oxygen atoms in total. The Labute approximate surface area is 123 Å². The molecular weight excluding hydrogens is 302 g/mol. The van der Waals surface area contributed by atoms with Gasteiger partial charge in [-0.1, -0.05) is 13.8 Å². The highest BCUT2D eigenvalue weighted by atomic mass is 32.2. The van der Waals surface area contributed by atoms with Crippen LogP contribution in [-0.2, 0) is 10.2 Å². The number of anilines is 1. The van der Waals surface area contributed by atoms with Crippen molar-refractivity contribution in [2.75, 3.05) is 17.8 Å². The fourth-order valence-corrected chi connectivity index (χ4v) is 4.15. The lowest BCUT2D eigenvalue weighted by Crippen LogP contribution is -2.37. The van der Waals surface area contributed by atoms with E-state index < -0.39 is 16.2 Å². The first-order valence-electron chi connectivity index (χ1n) is 6.30. The molecule has 0 aliphatic rings. The van der Waals surface area contributed by atoms with E-state index in [0.717, 1.165) is 11.5 Å². The van der Waals surface area contributed by atoms with Crippen LogP contribution < -0.4 is 4.72 Å². The van der Waals surface area contributed by atoms with Crippen molar-refractivity contribution in [3.63, 3.8) is 0 Å². The van der Waals surface area contributed by atoms with Crippen LogP contribution in [0, 0.1) is 6.92 Å². The van der Waals surface area contributed by atoms with Crippen LogP contribution in [0.25, 0.3) is 0 Å². The molecule has 1 aromatic heterocycles. The standard InChI is InChI=1S/C11H19N3O4S2/c1-4-6-14(7-5-2)20(17,18)13-10-9(11(15)16)8(3)12-19-10/h13H,4-7H2,1-3H3,(H,15,16). The maximum absolute atomic E-state index is 12.3. The van der Waals surface area contributed by atoms with Crippen molar-refractivity contribution >= 4 is 32.7 Å². The summed E-state index contributed by atoms with van der Waals surface area (Å²) in [6, 6.07) is 0. The minimum absolute atomic E-state index is 0.0483. The Hall–Kier alpha value is -1.19. The van der Waals surface area contributed by atoms with E-state index in [0.29, 0.717) is 31.6 Å². The van der Waals surface area contributed by atoms with E-state index in [1.54, 1.807) is 0 Å². The normalized spacial score (nSPS) is 11.8. The summed E-state index contributed by atoms with van der Waals surface area (Å²) in [5.41, 5.74) is 0.212. The average molecular weight is 321 g/mol.